The minimum absolute atomic E-state index is 0.0393. The van der Waals surface area contributed by atoms with Gasteiger partial charge in [-0.1, -0.05) is 0 Å². The summed E-state index contributed by atoms with van der Waals surface area (Å²) < 4.78 is 1.96. The van der Waals surface area contributed by atoms with E-state index >= 15 is 0 Å². The van der Waals surface area contributed by atoms with Crippen LogP contribution in [0.15, 0.2) is 6.33 Å². The van der Waals surface area contributed by atoms with Gasteiger partial charge in [-0.3, -0.25) is 9.59 Å². The molecule has 18 heavy (non-hydrogen) atoms. The molecule has 1 N–H and O–H groups in total. The zero-order chi connectivity index (χ0) is 12.5. The van der Waals surface area contributed by atoms with E-state index in [1.807, 2.05) is 9.47 Å². The van der Waals surface area contributed by atoms with Gasteiger partial charge in [-0.05, 0) is 6.42 Å². The number of fused-ring (bicyclic) bond motifs is 1. The Morgan fingerprint density at radius 1 is 1.44 bits per heavy atom. The van der Waals surface area contributed by atoms with Gasteiger partial charge in [0.15, 0.2) is 5.82 Å². The molecule has 1 saturated heterocycles. The Morgan fingerprint density at radius 2 is 2.33 bits per heavy atom. The molecule has 2 aliphatic heterocycles. The van der Waals surface area contributed by atoms with Crippen LogP contribution in [0.25, 0.3) is 0 Å². The summed E-state index contributed by atoms with van der Waals surface area (Å²) in [6, 6.07) is 0. The first kappa shape index (κ1) is 11.2. The molecule has 0 bridgehead atoms. The van der Waals surface area contributed by atoms with Crippen LogP contribution in [0.3, 0.4) is 0 Å². The summed E-state index contributed by atoms with van der Waals surface area (Å²) >= 11 is 0. The van der Waals surface area contributed by atoms with E-state index in [1.54, 1.807) is 6.33 Å². The maximum atomic E-state index is 12.3. The molecule has 3 rings (SSSR count). The van der Waals surface area contributed by atoms with E-state index in [-0.39, 0.29) is 17.7 Å². The molecule has 2 aliphatic rings. The summed E-state index contributed by atoms with van der Waals surface area (Å²) in [6.07, 6.45) is 2.78. The lowest BCUT2D eigenvalue weighted by atomic mass is 9.97. The second-order valence-electron chi connectivity index (χ2n) is 4.74. The number of amides is 2. The molecular formula is C11H15N5O2. The van der Waals surface area contributed by atoms with Crippen molar-refractivity contribution in [3.63, 3.8) is 0 Å². The summed E-state index contributed by atoms with van der Waals surface area (Å²) in [7, 11) is 0. The van der Waals surface area contributed by atoms with Crippen LogP contribution >= 0.6 is 0 Å². The molecule has 96 valence electrons. The number of rotatable bonds is 1. The highest BCUT2D eigenvalue weighted by atomic mass is 16.2. The summed E-state index contributed by atoms with van der Waals surface area (Å²) in [5.74, 6) is 0.897. The van der Waals surface area contributed by atoms with Crippen molar-refractivity contribution in [2.24, 2.45) is 5.92 Å². The van der Waals surface area contributed by atoms with Crippen molar-refractivity contribution in [2.45, 2.75) is 25.9 Å². The normalized spacial score (nSPS) is 23.4. The monoisotopic (exact) mass is 249 g/mol. The summed E-state index contributed by atoms with van der Waals surface area (Å²) in [5.41, 5.74) is 0. The molecule has 1 fully saturated rings. The number of hydrogen-bond acceptors (Lipinski definition) is 4. The molecule has 1 unspecified atom stereocenters. The van der Waals surface area contributed by atoms with Gasteiger partial charge in [0.25, 0.3) is 0 Å². The summed E-state index contributed by atoms with van der Waals surface area (Å²) in [4.78, 5) is 25.2. The number of nitrogens with one attached hydrogen (secondary N) is 1. The first-order valence-corrected chi connectivity index (χ1v) is 6.16. The van der Waals surface area contributed by atoms with E-state index in [4.69, 9.17) is 0 Å². The standard InChI is InChI=1S/C11H15N5O2/c17-10-2-1-8(5-12-10)11(18)15-3-4-16-7-13-14-9(16)6-15/h7-8H,1-6H2,(H,12,17). The zero-order valence-corrected chi connectivity index (χ0v) is 10.0. The molecule has 0 aliphatic carbocycles. The molecule has 1 aromatic heterocycles. The Bertz CT molecular complexity index is 474. The quantitative estimate of drug-likeness (QED) is 0.703. The minimum atomic E-state index is -0.0860. The molecule has 7 nitrogen and oxygen atoms in total. The molecule has 7 heteroatoms. The van der Waals surface area contributed by atoms with Crippen LogP contribution in [0.1, 0.15) is 18.7 Å². The second-order valence-corrected chi connectivity index (χ2v) is 4.74. The molecular weight excluding hydrogens is 234 g/mol. The van der Waals surface area contributed by atoms with Gasteiger partial charge in [0, 0.05) is 26.1 Å². The third kappa shape index (κ3) is 1.96. The van der Waals surface area contributed by atoms with Crippen molar-refractivity contribution in [1.82, 2.24) is 25.0 Å². The highest BCUT2D eigenvalue weighted by molar-refractivity contribution is 5.83. The van der Waals surface area contributed by atoms with Crippen LogP contribution < -0.4 is 5.32 Å². The predicted molar refractivity (Wildman–Crippen MR) is 61.2 cm³/mol. The number of aromatic nitrogens is 3. The van der Waals surface area contributed by atoms with Crippen LogP contribution in [0.5, 0.6) is 0 Å². The van der Waals surface area contributed by atoms with Crippen molar-refractivity contribution in [3.05, 3.63) is 12.2 Å². The van der Waals surface area contributed by atoms with Gasteiger partial charge in [-0.15, -0.1) is 10.2 Å². The van der Waals surface area contributed by atoms with E-state index in [1.165, 1.54) is 0 Å². The molecule has 0 spiro atoms. The molecule has 1 atom stereocenters. The smallest absolute Gasteiger partial charge is 0.227 e. The predicted octanol–water partition coefficient (Wildman–Crippen LogP) is -0.853. The molecule has 3 heterocycles. The number of carbonyl (C=O) groups excluding carboxylic acids is 2. The topological polar surface area (TPSA) is 80.1 Å². The van der Waals surface area contributed by atoms with Crippen molar-refractivity contribution < 1.29 is 9.59 Å². The van der Waals surface area contributed by atoms with E-state index in [0.717, 1.165) is 12.4 Å². The molecule has 1 aromatic rings. The molecule has 2 amide bonds. The van der Waals surface area contributed by atoms with Crippen LogP contribution in [0.2, 0.25) is 0 Å². The van der Waals surface area contributed by atoms with Crippen LogP contribution in [-0.2, 0) is 22.7 Å². The number of carbonyl (C=O) groups is 2. The fourth-order valence-corrected chi connectivity index (χ4v) is 2.46. The van der Waals surface area contributed by atoms with Crippen LogP contribution in [0, 0.1) is 5.92 Å². The summed E-state index contributed by atoms with van der Waals surface area (Å²) in [6.45, 7) is 2.41. The van der Waals surface area contributed by atoms with Crippen molar-refractivity contribution >= 4 is 11.8 Å². The third-order valence-electron chi connectivity index (χ3n) is 3.57. The van der Waals surface area contributed by atoms with Gasteiger partial charge in [0.2, 0.25) is 11.8 Å². The van der Waals surface area contributed by atoms with E-state index in [9.17, 15) is 9.59 Å². The lowest BCUT2D eigenvalue weighted by molar-refractivity contribution is -0.138. The fourth-order valence-electron chi connectivity index (χ4n) is 2.46. The third-order valence-corrected chi connectivity index (χ3v) is 3.57. The van der Waals surface area contributed by atoms with Gasteiger partial charge in [0.1, 0.15) is 6.33 Å². The Hall–Kier alpha value is -1.92. The summed E-state index contributed by atoms with van der Waals surface area (Å²) in [5, 5.41) is 10.6. The SMILES string of the molecule is O=C1CCC(C(=O)N2CCn3cnnc3C2)CN1. The maximum absolute atomic E-state index is 12.3. The highest BCUT2D eigenvalue weighted by Gasteiger charge is 2.30. The maximum Gasteiger partial charge on any atom is 0.227 e. The van der Waals surface area contributed by atoms with Gasteiger partial charge in [-0.25, -0.2) is 0 Å². The van der Waals surface area contributed by atoms with Gasteiger partial charge >= 0.3 is 0 Å². The Morgan fingerprint density at radius 3 is 3.11 bits per heavy atom. The minimum Gasteiger partial charge on any atom is -0.355 e. The number of nitrogens with zero attached hydrogens (tertiary/aromatic N) is 4. The zero-order valence-electron chi connectivity index (χ0n) is 10.0. The lowest BCUT2D eigenvalue weighted by Crippen LogP contribution is -2.47. The van der Waals surface area contributed by atoms with Gasteiger partial charge in [-0.2, -0.15) is 0 Å². The Kier molecular flexibility index (Phi) is 2.73. The van der Waals surface area contributed by atoms with Gasteiger partial charge in [0.05, 0.1) is 12.5 Å². The second kappa shape index (κ2) is 4.40. The lowest BCUT2D eigenvalue weighted by Gasteiger charge is -2.31. The van der Waals surface area contributed by atoms with E-state index < -0.39 is 0 Å². The number of piperidine rings is 1. The van der Waals surface area contributed by atoms with E-state index in [2.05, 4.69) is 15.5 Å². The molecule has 0 aromatic carbocycles. The Labute approximate surface area is 104 Å². The molecule has 0 saturated carbocycles. The van der Waals surface area contributed by atoms with Gasteiger partial charge < -0.3 is 14.8 Å². The Balaban J connectivity index is 1.65. The van der Waals surface area contributed by atoms with E-state index in [0.29, 0.717) is 32.5 Å². The number of hydrogen-bond donors (Lipinski definition) is 1. The van der Waals surface area contributed by atoms with Crippen molar-refractivity contribution in [1.29, 1.82) is 0 Å². The first-order valence-electron chi connectivity index (χ1n) is 6.16. The van der Waals surface area contributed by atoms with Crippen molar-refractivity contribution in [3.8, 4) is 0 Å². The highest BCUT2D eigenvalue weighted by Crippen LogP contribution is 2.17. The average molecular weight is 249 g/mol. The fraction of sp³-hybridized carbons (Fsp3) is 0.636. The molecule has 0 radical (unpaired) electrons. The van der Waals surface area contributed by atoms with Crippen LogP contribution in [-0.4, -0.2) is 44.6 Å². The van der Waals surface area contributed by atoms with Crippen molar-refractivity contribution in [2.75, 3.05) is 13.1 Å². The largest absolute Gasteiger partial charge is 0.355 e. The first-order chi connectivity index (χ1) is 8.74. The average Bonchev–Trinajstić information content (AvgIpc) is 2.86. The van der Waals surface area contributed by atoms with Crippen LogP contribution in [0.4, 0.5) is 0 Å².